The van der Waals surface area contributed by atoms with Crippen LogP contribution in [0.25, 0.3) is 11.1 Å². The summed E-state index contributed by atoms with van der Waals surface area (Å²) in [6, 6.07) is 17.9. The molecule has 8 N–H and O–H groups in total. The van der Waals surface area contributed by atoms with Crippen LogP contribution >= 0.6 is 31.9 Å². The number of carbonyl (C=O) groups is 2. The summed E-state index contributed by atoms with van der Waals surface area (Å²) in [7, 11) is 0. The quantitative estimate of drug-likeness (QED) is 0.0186. The van der Waals surface area contributed by atoms with Gasteiger partial charge in [-0.25, -0.2) is 0 Å². The number of hydrogen-bond donors (Lipinski definition) is 7. The van der Waals surface area contributed by atoms with E-state index in [9.17, 15) is 9.59 Å². The number of carboxylic acid groups (broad SMARTS) is 2. The molecule has 64 heavy (non-hydrogen) atoms. The minimum absolute atomic E-state index is 0.0690. The zero-order chi connectivity index (χ0) is 45.8. The molecule has 0 unspecified atom stereocenters. The van der Waals surface area contributed by atoms with Gasteiger partial charge in [-0.2, -0.15) is 15.1 Å². The molecule has 0 aliphatic carbocycles. The van der Waals surface area contributed by atoms with E-state index in [0.717, 1.165) is 50.2 Å². The minimum Gasteiger partial charge on any atom is -0.481 e. The standard InChI is InChI=1S/C46H54Br2N8O8/c1-29-31(27-63-45-39(47)23-33(25-51-18-5-11-41(57)58)43(54-45)61-21-15-35(50)13-17-49)7-3-9-37(29)38-10-4-8-32(30(38)2)28-64-46-40(48)24-34(26-52-19-6-12-42(59)60)44(55-46)62-22-16-36-14-20-53-56-36/h3-4,7-10,13-14,17,20,23-24,50-52H,5-6,11-12,15-16,18-19,21-22,25-28,49H2,1-2H3,(H,53,56)(H,57,58)(H,59,60)/b17-13-,50-35?. The SMILES string of the molecule is Cc1c(COc2nc(OCCC(=N)/C=C\N)c(CNCCCC(=O)O)cc2Br)cccc1-c1cccc(COc2nc(OCCc3cc[nH]n3)c(CNCCCC(=O)O)cc2Br)c1C. The third kappa shape index (κ3) is 15.2. The van der Waals surface area contributed by atoms with Gasteiger partial charge in [0.1, 0.15) is 13.2 Å². The van der Waals surface area contributed by atoms with Gasteiger partial charge in [-0.15, -0.1) is 0 Å². The number of aromatic amines is 1. The van der Waals surface area contributed by atoms with E-state index in [4.69, 9.17) is 50.3 Å². The van der Waals surface area contributed by atoms with Gasteiger partial charge < -0.3 is 50.9 Å². The molecule has 5 rings (SSSR count). The number of aromatic nitrogens is 4. The normalized spacial score (nSPS) is 11.2. The van der Waals surface area contributed by atoms with E-state index < -0.39 is 11.9 Å². The van der Waals surface area contributed by atoms with Gasteiger partial charge in [-0.05, 0) is 135 Å². The van der Waals surface area contributed by atoms with E-state index in [0.29, 0.717) is 96.6 Å². The van der Waals surface area contributed by atoms with Crippen LogP contribution in [0.2, 0.25) is 0 Å². The van der Waals surface area contributed by atoms with Crippen LogP contribution in [-0.4, -0.2) is 74.3 Å². The van der Waals surface area contributed by atoms with E-state index >= 15 is 0 Å². The lowest BCUT2D eigenvalue weighted by Gasteiger charge is -2.18. The zero-order valence-corrected chi connectivity index (χ0v) is 39.0. The lowest BCUT2D eigenvalue weighted by atomic mass is 9.92. The van der Waals surface area contributed by atoms with Gasteiger partial charge >= 0.3 is 11.9 Å². The van der Waals surface area contributed by atoms with Crippen molar-refractivity contribution < 1.29 is 38.7 Å². The molecule has 0 radical (unpaired) electrons. The molecule has 0 fully saturated rings. The summed E-state index contributed by atoms with van der Waals surface area (Å²) in [5, 5.41) is 39.6. The Kier molecular flexibility index (Phi) is 19.6. The molecule has 18 heteroatoms. The first-order valence-corrected chi connectivity index (χ1v) is 22.4. The van der Waals surface area contributed by atoms with Crippen molar-refractivity contribution in [3.63, 3.8) is 0 Å². The maximum absolute atomic E-state index is 11.0. The third-order valence-corrected chi connectivity index (χ3v) is 11.2. The van der Waals surface area contributed by atoms with Crippen LogP contribution in [0, 0.1) is 19.3 Å². The fourth-order valence-electron chi connectivity index (χ4n) is 6.56. The first kappa shape index (κ1) is 49.2. The first-order chi connectivity index (χ1) is 30.9. The van der Waals surface area contributed by atoms with Gasteiger partial charge in [0.15, 0.2) is 0 Å². The fourth-order valence-corrected chi connectivity index (χ4v) is 7.52. The van der Waals surface area contributed by atoms with Crippen molar-refractivity contribution in [3.8, 4) is 34.6 Å². The second-order valence-electron chi connectivity index (χ2n) is 14.7. The lowest BCUT2D eigenvalue weighted by Crippen LogP contribution is -2.17. The van der Waals surface area contributed by atoms with Gasteiger partial charge in [-0.3, -0.25) is 14.7 Å². The van der Waals surface area contributed by atoms with Crippen molar-refractivity contribution in [3.05, 3.63) is 121 Å². The number of nitrogens with zero attached hydrogens (tertiary/aromatic N) is 3. The largest absolute Gasteiger partial charge is 0.481 e. The molecule has 0 bridgehead atoms. The Morgan fingerprint density at radius 1 is 0.734 bits per heavy atom. The van der Waals surface area contributed by atoms with Crippen LogP contribution in [0.1, 0.15) is 71.2 Å². The Morgan fingerprint density at radius 2 is 1.25 bits per heavy atom. The van der Waals surface area contributed by atoms with Crippen LogP contribution in [0.15, 0.2) is 82.0 Å². The summed E-state index contributed by atoms with van der Waals surface area (Å²) in [5.74, 6) is -0.191. The third-order valence-electron chi connectivity index (χ3n) is 10.1. The number of rotatable bonds is 28. The predicted molar refractivity (Wildman–Crippen MR) is 250 cm³/mol. The molecule has 0 aliphatic rings. The van der Waals surface area contributed by atoms with Crippen molar-refractivity contribution >= 4 is 49.5 Å². The van der Waals surface area contributed by atoms with Crippen LogP contribution < -0.4 is 35.3 Å². The van der Waals surface area contributed by atoms with Crippen LogP contribution in [-0.2, 0) is 42.3 Å². The maximum Gasteiger partial charge on any atom is 0.303 e. The number of H-pyrrole nitrogens is 1. The number of nitrogens with two attached hydrogens (primary N) is 1. The Bertz CT molecular complexity index is 2380. The fraction of sp³-hybridized carbons (Fsp3) is 0.348. The predicted octanol–water partition coefficient (Wildman–Crippen LogP) is 7.96. The van der Waals surface area contributed by atoms with Gasteiger partial charge in [0, 0.05) is 61.8 Å². The van der Waals surface area contributed by atoms with E-state index in [1.165, 1.54) is 12.3 Å². The van der Waals surface area contributed by atoms with Crippen molar-refractivity contribution in [1.82, 2.24) is 30.8 Å². The molecule has 16 nitrogen and oxygen atoms in total. The van der Waals surface area contributed by atoms with E-state index in [2.05, 4.69) is 78.7 Å². The Hall–Kier alpha value is -5.82. The number of hydrogen-bond acceptors (Lipinski definition) is 13. The van der Waals surface area contributed by atoms with Crippen LogP contribution in [0.4, 0.5) is 0 Å². The van der Waals surface area contributed by atoms with Gasteiger partial charge in [0.05, 0.1) is 27.9 Å². The highest BCUT2D eigenvalue weighted by molar-refractivity contribution is 9.10. The highest BCUT2D eigenvalue weighted by atomic mass is 79.9. The molecule has 0 atom stereocenters. The Balaban J connectivity index is 1.29. The molecular formula is C46H54Br2N8O8. The Morgan fingerprint density at radius 3 is 1.72 bits per heavy atom. The summed E-state index contributed by atoms with van der Waals surface area (Å²) < 4.78 is 26.1. The Labute approximate surface area is 389 Å². The molecule has 3 aromatic heterocycles. The van der Waals surface area contributed by atoms with Crippen molar-refractivity contribution in [1.29, 1.82) is 5.41 Å². The van der Waals surface area contributed by atoms with Gasteiger partial charge in [-0.1, -0.05) is 36.4 Å². The second kappa shape index (κ2) is 25.5. The summed E-state index contributed by atoms with van der Waals surface area (Å²) >= 11 is 7.27. The van der Waals surface area contributed by atoms with Crippen LogP contribution in [0.3, 0.4) is 0 Å². The van der Waals surface area contributed by atoms with Crippen molar-refractivity contribution in [2.75, 3.05) is 26.3 Å². The average Bonchev–Trinajstić information content (AvgIpc) is 3.78. The van der Waals surface area contributed by atoms with E-state index in [1.807, 2.05) is 42.5 Å². The molecule has 3 heterocycles. The highest BCUT2D eigenvalue weighted by Crippen LogP contribution is 2.35. The molecule has 340 valence electrons. The smallest absolute Gasteiger partial charge is 0.303 e. The summed E-state index contributed by atoms with van der Waals surface area (Å²) in [6.07, 6.45) is 6.63. The molecular weight excluding hydrogens is 952 g/mol. The number of allylic oxidation sites excluding steroid dienone is 1. The lowest BCUT2D eigenvalue weighted by molar-refractivity contribution is -0.138. The summed E-state index contributed by atoms with van der Waals surface area (Å²) in [5.41, 5.74) is 14.3. The molecule has 0 saturated carbocycles. The monoisotopic (exact) mass is 1000 g/mol. The van der Waals surface area contributed by atoms with E-state index in [1.54, 1.807) is 6.20 Å². The van der Waals surface area contributed by atoms with Crippen LogP contribution in [0.5, 0.6) is 23.5 Å². The highest BCUT2D eigenvalue weighted by Gasteiger charge is 2.18. The first-order valence-electron chi connectivity index (χ1n) is 20.8. The number of nitrogens with one attached hydrogen (secondary N) is 4. The molecule has 0 saturated heterocycles. The zero-order valence-electron chi connectivity index (χ0n) is 35.8. The number of ether oxygens (including phenoxy) is 4. The molecule has 0 aliphatic heterocycles. The number of benzene rings is 2. The molecule has 5 aromatic rings. The van der Waals surface area contributed by atoms with Gasteiger partial charge in [0.2, 0.25) is 23.5 Å². The minimum atomic E-state index is -0.844. The second-order valence-corrected chi connectivity index (χ2v) is 16.4. The topological polar surface area (TPSA) is 240 Å². The summed E-state index contributed by atoms with van der Waals surface area (Å²) in [6.45, 7) is 7.02. The van der Waals surface area contributed by atoms with Crippen molar-refractivity contribution in [2.45, 2.75) is 78.7 Å². The van der Waals surface area contributed by atoms with Gasteiger partial charge in [0.25, 0.3) is 0 Å². The summed E-state index contributed by atoms with van der Waals surface area (Å²) in [4.78, 5) is 31.4. The number of halogens is 2. The molecule has 0 spiro atoms. The average molecular weight is 1010 g/mol. The number of carboxylic acids is 2. The molecule has 2 aromatic carbocycles. The number of pyridine rings is 2. The number of aliphatic carboxylic acids is 2. The van der Waals surface area contributed by atoms with E-state index in [-0.39, 0.29) is 32.7 Å². The van der Waals surface area contributed by atoms with Crippen molar-refractivity contribution in [2.24, 2.45) is 5.73 Å². The maximum atomic E-state index is 11.0. The molecule has 0 amide bonds.